The van der Waals surface area contributed by atoms with E-state index in [9.17, 15) is 0 Å². The third kappa shape index (κ3) is 5.33. The van der Waals surface area contributed by atoms with Crippen molar-refractivity contribution in [3.63, 3.8) is 0 Å². The molecule has 0 saturated heterocycles. The first-order valence-corrected chi connectivity index (χ1v) is 7.72. The molecule has 112 valence electrons. The molecule has 0 fully saturated rings. The lowest BCUT2D eigenvalue weighted by Gasteiger charge is -2.23. The van der Waals surface area contributed by atoms with Crippen LogP contribution >= 0.6 is 0 Å². The van der Waals surface area contributed by atoms with Crippen molar-refractivity contribution in [1.82, 2.24) is 5.32 Å². The summed E-state index contributed by atoms with van der Waals surface area (Å²) in [6.07, 6.45) is 1.90. The molecule has 2 nitrogen and oxygen atoms in total. The Balaban J connectivity index is 2.01. The van der Waals surface area contributed by atoms with E-state index in [2.05, 4.69) is 66.8 Å². The molecule has 0 spiro atoms. The lowest BCUT2D eigenvalue weighted by Crippen LogP contribution is -2.23. The second-order valence-electron chi connectivity index (χ2n) is 5.68. The van der Waals surface area contributed by atoms with Crippen LogP contribution in [0.5, 0.6) is 0 Å². The SMILES string of the molecule is C[C@H](CCO)C[C@@H](NCc1ccccc1)c1ccccc1. The van der Waals surface area contributed by atoms with E-state index >= 15 is 0 Å². The first kappa shape index (κ1) is 15.7. The van der Waals surface area contributed by atoms with Crippen molar-refractivity contribution in [2.45, 2.75) is 32.4 Å². The van der Waals surface area contributed by atoms with Gasteiger partial charge in [-0.2, -0.15) is 0 Å². The van der Waals surface area contributed by atoms with Gasteiger partial charge < -0.3 is 10.4 Å². The Hall–Kier alpha value is -1.64. The Labute approximate surface area is 127 Å². The smallest absolute Gasteiger partial charge is 0.0433 e. The van der Waals surface area contributed by atoms with E-state index < -0.39 is 0 Å². The molecule has 0 saturated carbocycles. The maximum atomic E-state index is 9.11. The van der Waals surface area contributed by atoms with Crippen molar-refractivity contribution in [3.05, 3.63) is 71.8 Å². The van der Waals surface area contributed by atoms with Crippen LogP contribution in [0.2, 0.25) is 0 Å². The Morgan fingerprint density at radius 1 is 0.952 bits per heavy atom. The molecule has 0 amide bonds. The molecular formula is C19H25NO. The zero-order chi connectivity index (χ0) is 14.9. The van der Waals surface area contributed by atoms with Gasteiger partial charge in [0, 0.05) is 19.2 Å². The summed E-state index contributed by atoms with van der Waals surface area (Å²) in [4.78, 5) is 0. The van der Waals surface area contributed by atoms with Gasteiger partial charge in [-0.05, 0) is 29.9 Å². The van der Waals surface area contributed by atoms with E-state index in [0.717, 1.165) is 19.4 Å². The summed E-state index contributed by atoms with van der Waals surface area (Å²) in [7, 11) is 0. The number of aliphatic hydroxyl groups is 1. The first-order chi connectivity index (χ1) is 10.3. The fourth-order valence-electron chi connectivity index (χ4n) is 2.60. The summed E-state index contributed by atoms with van der Waals surface area (Å²) in [5, 5.41) is 12.8. The molecule has 0 aromatic heterocycles. The summed E-state index contributed by atoms with van der Waals surface area (Å²) in [6, 6.07) is 21.4. The van der Waals surface area contributed by atoms with Crippen LogP contribution < -0.4 is 5.32 Å². The number of rotatable bonds is 8. The van der Waals surface area contributed by atoms with Gasteiger partial charge >= 0.3 is 0 Å². The normalized spacial score (nSPS) is 13.8. The van der Waals surface area contributed by atoms with Gasteiger partial charge in [0.1, 0.15) is 0 Å². The maximum Gasteiger partial charge on any atom is 0.0433 e. The lowest BCUT2D eigenvalue weighted by atomic mass is 9.94. The molecule has 2 N–H and O–H groups in total. The molecule has 0 aliphatic rings. The van der Waals surface area contributed by atoms with Gasteiger partial charge in [-0.1, -0.05) is 67.6 Å². The van der Waals surface area contributed by atoms with E-state index in [1.54, 1.807) is 0 Å². The minimum Gasteiger partial charge on any atom is -0.396 e. The molecule has 2 rings (SSSR count). The molecular weight excluding hydrogens is 258 g/mol. The van der Waals surface area contributed by atoms with Gasteiger partial charge in [-0.25, -0.2) is 0 Å². The van der Waals surface area contributed by atoms with Gasteiger partial charge in [0.25, 0.3) is 0 Å². The number of hydrogen-bond acceptors (Lipinski definition) is 2. The molecule has 0 aliphatic heterocycles. The molecule has 2 heteroatoms. The molecule has 2 atom stereocenters. The van der Waals surface area contributed by atoms with E-state index in [0.29, 0.717) is 12.0 Å². The zero-order valence-corrected chi connectivity index (χ0v) is 12.7. The van der Waals surface area contributed by atoms with E-state index in [-0.39, 0.29) is 6.61 Å². The van der Waals surface area contributed by atoms with Crippen molar-refractivity contribution in [2.24, 2.45) is 5.92 Å². The Morgan fingerprint density at radius 3 is 2.19 bits per heavy atom. The third-order valence-electron chi connectivity index (χ3n) is 3.86. The highest BCUT2D eigenvalue weighted by Crippen LogP contribution is 2.23. The average Bonchev–Trinajstić information content (AvgIpc) is 2.53. The van der Waals surface area contributed by atoms with E-state index in [4.69, 9.17) is 5.11 Å². The summed E-state index contributed by atoms with van der Waals surface area (Å²) < 4.78 is 0. The van der Waals surface area contributed by atoms with Crippen LogP contribution in [-0.2, 0) is 6.54 Å². The average molecular weight is 283 g/mol. The lowest BCUT2D eigenvalue weighted by molar-refractivity contribution is 0.250. The number of aliphatic hydroxyl groups excluding tert-OH is 1. The van der Waals surface area contributed by atoms with Gasteiger partial charge in [0.05, 0.1) is 0 Å². The van der Waals surface area contributed by atoms with Gasteiger partial charge in [-0.15, -0.1) is 0 Å². The van der Waals surface area contributed by atoms with Crippen LogP contribution in [0.1, 0.15) is 36.9 Å². The molecule has 2 aromatic carbocycles. The Bertz CT molecular complexity index is 497. The molecule has 2 aromatic rings. The second-order valence-corrected chi connectivity index (χ2v) is 5.68. The largest absolute Gasteiger partial charge is 0.396 e. The van der Waals surface area contributed by atoms with E-state index in [1.165, 1.54) is 11.1 Å². The van der Waals surface area contributed by atoms with Crippen molar-refractivity contribution in [2.75, 3.05) is 6.61 Å². The van der Waals surface area contributed by atoms with Crippen LogP contribution in [0.25, 0.3) is 0 Å². The summed E-state index contributed by atoms with van der Waals surface area (Å²) in [5.41, 5.74) is 2.62. The number of nitrogens with one attached hydrogen (secondary N) is 1. The molecule has 0 unspecified atom stereocenters. The highest BCUT2D eigenvalue weighted by Gasteiger charge is 2.14. The van der Waals surface area contributed by atoms with Crippen molar-refractivity contribution < 1.29 is 5.11 Å². The predicted molar refractivity (Wildman–Crippen MR) is 87.9 cm³/mol. The Kier molecular flexibility index (Phi) is 6.45. The molecule has 0 aliphatic carbocycles. The van der Waals surface area contributed by atoms with Crippen molar-refractivity contribution >= 4 is 0 Å². The Morgan fingerprint density at radius 2 is 1.57 bits per heavy atom. The first-order valence-electron chi connectivity index (χ1n) is 7.72. The van der Waals surface area contributed by atoms with Gasteiger partial charge in [0.15, 0.2) is 0 Å². The minimum atomic E-state index is 0.265. The number of hydrogen-bond donors (Lipinski definition) is 2. The zero-order valence-electron chi connectivity index (χ0n) is 12.7. The second kappa shape index (κ2) is 8.60. The minimum absolute atomic E-state index is 0.265. The molecule has 0 bridgehead atoms. The van der Waals surface area contributed by atoms with Crippen molar-refractivity contribution in [3.8, 4) is 0 Å². The molecule has 0 heterocycles. The highest BCUT2D eigenvalue weighted by atomic mass is 16.3. The summed E-state index contributed by atoms with van der Waals surface area (Å²) in [6.45, 7) is 3.34. The highest BCUT2D eigenvalue weighted by molar-refractivity contribution is 5.20. The maximum absolute atomic E-state index is 9.11. The quantitative estimate of drug-likeness (QED) is 0.769. The monoisotopic (exact) mass is 283 g/mol. The van der Waals surface area contributed by atoms with Crippen LogP contribution in [0.3, 0.4) is 0 Å². The molecule has 0 radical (unpaired) electrons. The fourth-order valence-corrected chi connectivity index (χ4v) is 2.60. The van der Waals surface area contributed by atoms with Gasteiger partial charge in [-0.3, -0.25) is 0 Å². The van der Waals surface area contributed by atoms with Crippen LogP contribution in [0.15, 0.2) is 60.7 Å². The van der Waals surface area contributed by atoms with Crippen LogP contribution in [-0.4, -0.2) is 11.7 Å². The van der Waals surface area contributed by atoms with Gasteiger partial charge in [0.2, 0.25) is 0 Å². The van der Waals surface area contributed by atoms with Crippen molar-refractivity contribution in [1.29, 1.82) is 0 Å². The standard InChI is InChI=1S/C19H25NO/c1-16(12-13-21)14-19(18-10-6-3-7-11-18)20-15-17-8-4-2-5-9-17/h2-11,16,19-21H,12-15H2,1H3/t16-,19-/m1/s1. The predicted octanol–water partition coefficient (Wildman–Crippen LogP) is 3.93. The fraction of sp³-hybridized carbons (Fsp3) is 0.368. The third-order valence-corrected chi connectivity index (χ3v) is 3.86. The summed E-state index contributed by atoms with van der Waals surface area (Å²) in [5.74, 6) is 0.503. The number of benzene rings is 2. The topological polar surface area (TPSA) is 32.3 Å². The van der Waals surface area contributed by atoms with E-state index in [1.807, 2.05) is 6.07 Å². The summed E-state index contributed by atoms with van der Waals surface area (Å²) >= 11 is 0. The molecule has 21 heavy (non-hydrogen) atoms. The van der Waals surface area contributed by atoms with Crippen LogP contribution in [0, 0.1) is 5.92 Å². The van der Waals surface area contributed by atoms with Crippen LogP contribution in [0.4, 0.5) is 0 Å².